The van der Waals surface area contributed by atoms with Gasteiger partial charge in [-0.3, -0.25) is 0 Å². The fraction of sp³-hybridized carbons (Fsp3) is 0.231. The zero-order valence-corrected chi connectivity index (χ0v) is 18.1. The lowest BCUT2D eigenvalue weighted by Gasteiger charge is -2.16. The van der Waals surface area contributed by atoms with Crippen molar-refractivity contribution >= 4 is 22.7 Å². The maximum absolute atomic E-state index is 2.45. The molecule has 140 valence electrons. The van der Waals surface area contributed by atoms with Gasteiger partial charge in [0.1, 0.15) is 0 Å². The van der Waals surface area contributed by atoms with Gasteiger partial charge in [0.25, 0.3) is 0 Å². The topological polar surface area (TPSA) is 0 Å². The highest BCUT2D eigenvalue weighted by Gasteiger charge is 2.14. The van der Waals surface area contributed by atoms with Crippen LogP contribution in [0.1, 0.15) is 32.0 Å². The zero-order chi connectivity index (χ0) is 19.1. The Kier molecular flexibility index (Phi) is 4.70. The first-order valence-corrected chi connectivity index (χ1v) is 11.7. The summed E-state index contributed by atoms with van der Waals surface area (Å²) in [5.74, 6) is 0. The third kappa shape index (κ3) is 3.47. The van der Waals surface area contributed by atoms with Crippen LogP contribution in [0.15, 0.2) is 60.7 Å². The van der Waals surface area contributed by atoms with Crippen molar-refractivity contribution in [2.75, 3.05) is 0 Å². The smallest absolute Gasteiger partial charge is 0.0348 e. The second-order valence-corrected chi connectivity index (χ2v) is 10.4. The molecule has 2 heterocycles. The van der Waals surface area contributed by atoms with Crippen molar-refractivity contribution in [1.29, 1.82) is 0 Å². The van der Waals surface area contributed by atoms with Crippen LogP contribution in [0.25, 0.3) is 20.9 Å². The van der Waals surface area contributed by atoms with Crippen LogP contribution < -0.4 is 0 Å². The largest absolute Gasteiger partial charge is 0.141 e. The lowest BCUT2D eigenvalue weighted by Crippen LogP contribution is -2.01. The first-order chi connectivity index (χ1) is 13.7. The van der Waals surface area contributed by atoms with E-state index in [2.05, 4.69) is 74.5 Å². The monoisotopic (exact) mass is 400 g/mol. The van der Waals surface area contributed by atoms with Gasteiger partial charge in [-0.1, -0.05) is 36.4 Å². The minimum atomic E-state index is 1.09. The molecule has 0 amide bonds. The SMILES string of the molecule is Cc1ccc(-c2cc3ccc2CCc2ccc(c(-c4ccc(C)s4)c2)CC3)s1. The summed E-state index contributed by atoms with van der Waals surface area (Å²) in [6.45, 7) is 4.40. The summed E-state index contributed by atoms with van der Waals surface area (Å²) in [6.07, 6.45) is 4.37. The Morgan fingerprint density at radius 3 is 1.39 bits per heavy atom. The first kappa shape index (κ1) is 17.9. The molecule has 4 aromatic rings. The molecule has 4 aliphatic carbocycles. The summed E-state index contributed by atoms with van der Waals surface area (Å²) >= 11 is 3.83. The van der Waals surface area contributed by atoms with E-state index in [1.54, 1.807) is 0 Å². The molecule has 0 nitrogen and oxygen atoms in total. The van der Waals surface area contributed by atoms with Crippen molar-refractivity contribution in [1.82, 2.24) is 0 Å². The van der Waals surface area contributed by atoms with E-state index in [1.165, 1.54) is 52.9 Å². The zero-order valence-electron chi connectivity index (χ0n) is 16.4. The summed E-state index contributed by atoms with van der Waals surface area (Å²) in [5, 5.41) is 0. The van der Waals surface area contributed by atoms with Gasteiger partial charge in [0.15, 0.2) is 0 Å². The molecule has 0 aliphatic heterocycles. The fourth-order valence-electron chi connectivity index (χ4n) is 4.17. The highest BCUT2D eigenvalue weighted by Crippen LogP contribution is 2.35. The van der Waals surface area contributed by atoms with Gasteiger partial charge in [-0.2, -0.15) is 0 Å². The molecule has 0 radical (unpaired) electrons. The molecule has 2 aromatic heterocycles. The lowest BCUT2D eigenvalue weighted by molar-refractivity contribution is 0.926. The van der Waals surface area contributed by atoms with Crippen LogP contribution in [-0.2, 0) is 25.7 Å². The van der Waals surface area contributed by atoms with Gasteiger partial charge in [-0.25, -0.2) is 0 Å². The maximum atomic E-state index is 2.45. The molecule has 0 unspecified atom stereocenters. The summed E-state index contributed by atoms with van der Waals surface area (Å²) in [6, 6.07) is 23.4. The second-order valence-electron chi connectivity index (χ2n) is 7.80. The minimum Gasteiger partial charge on any atom is -0.141 e. The Morgan fingerprint density at radius 1 is 0.536 bits per heavy atom. The van der Waals surface area contributed by atoms with Crippen molar-refractivity contribution < 1.29 is 0 Å². The van der Waals surface area contributed by atoms with Gasteiger partial charge in [0.05, 0.1) is 0 Å². The molecule has 2 aromatic carbocycles. The van der Waals surface area contributed by atoms with Crippen LogP contribution in [0.2, 0.25) is 0 Å². The average Bonchev–Trinajstić information content (AvgIpc) is 3.32. The van der Waals surface area contributed by atoms with E-state index in [9.17, 15) is 0 Å². The average molecular weight is 401 g/mol. The number of benzene rings is 2. The summed E-state index contributed by atoms with van der Waals surface area (Å²) in [5.41, 5.74) is 8.73. The van der Waals surface area contributed by atoms with Gasteiger partial charge in [0, 0.05) is 19.5 Å². The van der Waals surface area contributed by atoms with Crippen molar-refractivity contribution in [2.24, 2.45) is 0 Å². The molecule has 28 heavy (non-hydrogen) atoms. The molecular formula is C26H24S2. The standard InChI is InChI=1S/C26H24S2/c1-17-3-13-25(27-17)23-15-19-5-9-21(23)11-7-20-6-10-22(12-8-19)24(16-20)26-14-4-18(2)28-26/h3-6,9-10,13-16H,7-8,11-12H2,1-2H3. The molecule has 2 heteroatoms. The minimum absolute atomic E-state index is 1.09. The van der Waals surface area contributed by atoms with Crippen molar-refractivity contribution in [2.45, 2.75) is 39.5 Å². The molecule has 4 aliphatic rings. The normalized spacial score (nSPS) is 13.5. The maximum Gasteiger partial charge on any atom is 0.0348 e. The third-order valence-corrected chi connectivity index (χ3v) is 7.79. The van der Waals surface area contributed by atoms with Gasteiger partial charge < -0.3 is 0 Å². The molecule has 0 saturated heterocycles. The van der Waals surface area contributed by atoms with E-state index < -0.39 is 0 Å². The van der Waals surface area contributed by atoms with Gasteiger partial charge in [-0.05, 0) is 97.2 Å². The van der Waals surface area contributed by atoms with Crippen molar-refractivity contribution in [3.63, 3.8) is 0 Å². The van der Waals surface area contributed by atoms with Gasteiger partial charge in [-0.15, -0.1) is 22.7 Å². The summed E-state index contributed by atoms with van der Waals surface area (Å²) < 4.78 is 0. The van der Waals surface area contributed by atoms with Crippen LogP contribution in [-0.4, -0.2) is 0 Å². The summed E-state index contributed by atoms with van der Waals surface area (Å²) in [7, 11) is 0. The Hall–Kier alpha value is -2.16. The Labute approximate surface area is 175 Å². The van der Waals surface area contributed by atoms with Crippen LogP contribution in [0.4, 0.5) is 0 Å². The molecule has 4 bridgehead atoms. The Balaban J connectivity index is 1.57. The summed E-state index contributed by atoms with van der Waals surface area (Å²) in [4.78, 5) is 5.60. The number of aryl methyl sites for hydroxylation is 6. The Bertz CT molecular complexity index is 1050. The van der Waals surface area contributed by atoms with E-state index in [-0.39, 0.29) is 0 Å². The van der Waals surface area contributed by atoms with E-state index in [0.717, 1.165) is 25.7 Å². The molecular weight excluding hydrogens is 376 g/mol. The molecule has 0 atom stereocenters. The van der Waals surface area contributed by atoms with Crippen molar-refractivity contribution in [3.8, 4) is 20.9 Å². The molecule has 0 N–H and O–H groups in total. The molecule has 0 saturated carbocycles. The predicted octanol–water partition coefficient (Wildman–Crippen LogP) is 7.64. The number of thiophene rings is 2. The number of rotatable bonds is 2. The highest BCUT2D eigenvalue weighted by atomic mass is 32.1. The fourth-order valence-corrected chi connectivity index (χ4v) is 6.01. The third-order valence-electron chi connectivity index (χ3n) is 5.73. The lowest BCUT2D eigenvalue weighted by atomic mass is 9.90. The Morgan fingerprint density at radius 2 is 1.00 bits per heavy atom. The predicted molar refractivity (Wildman–Crippen MR) is 124 cm³/mol. The van der Waals surface area contributed by atoms with E-state index in [0.29, 0.717) is 0 Å². The van der Waals surface area contributed by atoms with E-state index in [1.807, 2.05) is 22.7 Å². The van der Waals surface area contributed by atoms with Gasteiger partial charge in [0.2, 0.25) is 0 Å². The molecule has 8 rings (SSSR count). The van der Waals surface area contributed by atoms with Gasteiger partial charge >= 0.3 is 0 Å². The molecule has 0 fully saturated rings. The van der Waals surface area contributed by atoms with Crippen LogP contribution in [0.5, 0.6) is 0 Å². The number of hydrogen-bond donors (Lipinski definition) is 0. The highest BCUT2D eigenvalue weighted by molar-refractivity contribution is 7.15. The van der Waals surface area contributed by atoms with Crippen molar-refractivity contribution in [3.05, 3.63) is 92.7 Å². The quantitative estimate of drug-likeness (QED) is 0.324. The van der Waals surface area contributed by atoms with Crippen LogP contribution in [0.3, 0.4) is 0 Å². The molecule has 0 spiro atoms. The van der Waals surface area contributed by atoms with Crippen LogP contribution >= 0.6 is 22.7 Å². The van der Waals surface area contributed by atoms with Crippen LogP contribution in [0, 0.1) is 13.8 Å². The van der Waals surface area contributed by atoms with E-state index in [4.69, 9.17) is 0 Å². The second kappa shape index (κ2) is 7.35. The van der Waals surface area contributed by atoms with E-state index >= 15 is 0 Å². The number of hydrogen-bond acceptors (Lipinski definition) is 2. The first-order valence-electron chi connectivity index (χ1n) is 10.0.